The van der Waals surface area contributed by atoms with Gasteiger partial charge < -0.3 is 29.3 Å². The van der Waals surface area contributed by atoms with Gasteiger partial charge in [0.05, 0.1) is 20.1 Å². The Bertz CT molecular complexity index is 139. The third-order valence-corrected chi connectivity index (χ3v) is 3.13. The molecule has 0 aromatic rings. The Hall–Kier alpha value is 0.270. The summed E-state index contributed by atoms with van der Waals surface area (Å²) in [4.78, 5) is 0. The van der Waals surface area contributed by atoms with Crippen molar-refractivity contribution in [2.75, 3.05) is 20.1 Å². The summed E-state index contributed by atoms with van der Waals surface area (Å²) < 4.78 is 1.59. The van der Waals surface area contributed by atoms with Gasteiger partial charge in [0.25, 0.3) is 0 Å². The van der Waals surface area contributed by atoms with Crippen LogP contribution in [0.3, 0.4) is 0 Å². The monoisotopic (exact) mass is 175 g/mol. The van der Waals surface area contributed by atoms with Crippen LogP contribution in [0.1, 0.15) is 19.3 Å². The number of thiocarbonyl (C=S) groups is 1. The zero-order valence-corrected chi connectivity index (χ0v) is 7.93. The summed E-state index contributed by atoms with van der Waals surface area (Å²) in [5, 5.41) is 0. The highest BCUT2D eigenvalue weighted by molar-refractivity contribution is 7.99. The first-order valence-electron chi connectivity index (χ1n) is 3.71. The molecule has 0 aromatic carbocycles. The SMILES string of the molecule is C[N+]1(C(=S)[S-])CCCCC1. The normalized spacial score (nSPS) is 24.1. The van der Waals surface area contributed by atoms with Crippen molar-refractivity contribution >= 4 is 29.2 Å². The molecule has 0 aliphatic carbocycles. The van der Waals surface area contributed by atoms with Crippen LogP contribution in [0.2, 0.25) is 0 Å². The van der Waals surface area contributed by atoms with Crippen LogP contribution in [0.25, 0.3) is 0 Å². The molecular weight excluding hydrogens is 162 g/mol. The summed E-state index contributed by atoms with van der Waals surface area (Å²) in [6.45, 7) is 2.31. The van der Waals surface area contributed by atoms with Crippen molar-refractivity contribution in [3.63, 3.8) is 0 Å². The van der Waals surface area contributed by atoms with E-state index in [1.165, 1.54) is 19.3 Å². The van der Waals surface area contributed by atoms with E-state index >= 15 is 0 Å². The van der Waals surface area contributed by atoms with Crippen LogP contribution >= 0.6 is 12.2 Å². The highest BCUT2D eigenvalue weighted by Gasteiger charge is 2.22. The summed E-state index contributed by atoms with van der Waals surface area (Å²) in [5.74, 6) is 0. The van der Waals surface area contributed by atoms with Crippen LogP contribution in [0, 0.1) is 0 Å². The highest BCUT2D eigenvalue weighted by atomic mass is 32.1. The summed E-state index contributed by atoms with van der Waals surface area (Å²) in [6.07, 6.45) is 3.92. The van der Waals surface area contributed by atoms with Gasteiger partial charge in [-0.05, 0) is 19.3 Å². The zero-order valence-electron chi connectivity index (χ0n) is 6.30. The molecule has 3 heteroatoms. The second-order valence-electron chi connectivity index (χ2n) is 3.17. The molecule has 1 aliphatic rings. The molecule has 0 atom stereocenters. The van der Waals surface area contributed by atoms with Crippen molar-refractivity contribution < 1.29 is 4.48 Å². The maximum atomic E-state index is 5.02. The molecule has 1 fully saturated rings. The molecule has 0 amide bonds. The van der Waals surface area contributed by atoms with Crippen molar-refractivity contribution in [1.29, 1.82) is 0 Å². The Kier molecular flexibility index (Phi) is 2.61. The van der Waals surface area contributed by atoms with Gasteiger partial charge in [-0.2, -0.15) is 0 Å². The van der Waals surface area contributed by atoms with Gasteiger partial charge in [-0.25, -0.2) is 0 Å². The molecule has 0 bridgehead atoms. The van der Waals surface area contributed by atoms with Gasteiger partial charge in [-0.3, -0.25) is 0 Å². The summed E-state index contributed by atoms with van der Waals surface area (Å²) in [5.41, 5.74) is 0. The molecule has 1 aliphatic heterocycles. The molecule has 1 heterocycles. The predicted octanol–water partition coefficient (Wildman–Crippen LogP) is 1.45. The Morgan fingerprint density at radius 3 is 2.10 bits per heavy atom. The lowest BCUT2D eigenvalue weighted by molar-refractivity contribution is -0.820. The molecule has 0 saturated carbocycles. The second kappa shape index (κ2) is 3.11. The second-order valence-corrected chi connectivity index (χ2v) is 4.20. The van der Waals surface area contributed by atoms with E-state index < -0.39 is 0 Å². The topological polar surface area (TPSA) is 0 Å². The van der Waals surface area contributed by atoms with Crippen LogP contribution in [0.4, 0.5) is 0 Å². The molecule has 0 aromatic heterocycles. The van der Waals surface area contributed by atoms with Gasteiger partial charge in [0.2, 0.25) is 0 Å². The Morgan fingerprint density at radius 2 is 1.80 bits per heavy atom. The molecule has 1 rings (SSSR count). The first-order valence-corrected chi connectivity index (χ1v) is 4.53. The highest BCUT2D eigenvalue weighted by Crippen LogP contribution is 2.16. The number of quaternary nitrogens is 1. The van der Waals surface area contributed by atoms with Crippen LogP contribution < -0.4 is 0 Å². The van der Waals surface area contributed by atoms with E-state index in [9.17, 15) is 0 Å². The smallest absolute Gasteiger partial charge is 0.0819 e. The Balaban J connectivity index is 2.56. The third-order valence-electron chi connectivity index (χ3n) is 2.24. The van der Waals surface area contributed by atoms with Gasteiger partial charge in [-0.15, -0.1) is 0 Å². The number of hydrogen-bond donors (Lipinski definition) is 0. The molecule has 0 N–H and O–H groups in total. The largest absolute Gasteiger partial charge is 0.370 e. The lowest BCUT2D eigenvalue weighted by atomic mass is 10.1. The molecule has 0 unspecified atom stereocenters. The van der Waals surface area contributed by atoms with Crippen LogP contribution in [0.15, 0.2) is 0 Å². The standard InChI is InChI=1S/C7H13NS2/c1-8(7(9)10)5-3-2-4-6-8/h2-6H2,1H3. The third kappa shape index (κ3) is 1.65. The molecule has 1 nitrogen and oxygen atoms in total. The molecular formula is C7H13NS2. The Labute approximate surface area is 73.4 Å². The molecule has 1 saturated heterocycles. The van der Waals surface area contributed by atoms with Crippen molar-refractivity contribution in [2.45, 2.75) is 19.3 Å². The number of rotatable bonds is 0. The predicted molar refractivity (Wildman–Crippen MR) is 49.7 cm³/mol. The fourth-order valence-corrected chi connectivity index (χ4v) is 1.76. The summed E-state index contributed by atoms with van der Waals surface area (Å²) in [6, 6.07) is 0. The van der Waals surface area contributed by atoms with Crippen LogP contribution in [-0.4, -0.2) is 28.9 Å². The Morgan fingerprint density at radius 1 is 1.30 bits per heavy atom. The maximum absolute atomic E-state index is 5.02. The van der Waals surface area contributed by atoms with E-state index in [1.54, 1.807) is 0 Å². The van der Waals surface area contributed by atoms with E-state index in [1.807, 2.05) is 0 Å². The van der Waals surface area contributed by atoms with E-state index in [0.717, 1.165) is 21.9 Å². The fraction of sp³-hybridized carbons (Fsp3) is 0.857. The fourth-order valence-electron chi connectivity index (χ4n) is 1.39. The number of piperidine rings is 1. The van der Waals surface area contributed by atoms with E-state index in [-0.39, 0.29) is 0 Å². The first-order chi connectivity index (χ1) is 4.65. The zero-order chi connectivity index (χ0) is 7.61. The first kappa shape index (κ1) is 8.37. The molecule has 0 radical (unpaired) electrons. The van der Waals surface area contributed by atoms with Crippen LogP contribution in [-0.2, 0) is 12.6 Å². The quantitative estimate of drug-likeness (QED) is 0.310. The maximum Gasteiger partial charge on any atom is 0.0819 e. The van der Waals surface area contributed by atoms with E-state index in [0.29, 0.717) is 0 Å². The number of hydrogen-bond acceptors (Lipinski definition) is 2. The number of likely N-dealkylation sites (tertiary alicyclic amines) is 1. The lowest BCUT2D eigenvalue weighted by Crippen LogP contribution is -2.50. The van der Waals surface area contributed by atoms with Crippen molar-refractivity contribution in [3.05, 3.63) is 0 Å². The van der Waals surface area contributed by atoms with Crippen molar-refractivity contribution in [2.24, 2.45) is 0 Å². The molecule has 58 valence electrons. The van der Waals surface area contributed by atoms with Gasteiger partial charge in [0, 0.05) is 4.32 Å². The van der Waals surface area contributed by atoms with Gasteiger partial charge in [-0.1, -0.05) is 0 Å². The van der Waals surface area contributed by atoms with Crippen molar-refractivity contribution in [1.82, 2.24) is 0 Å². The van der Waals surface area contributed by atoms with E-state index in [2.05, 4.69) is 7.05 Å². The average molecular weight is 175 g/mol. The van der Waals surface area contributed by atoms with Crippen LogP contribution in [0.5, 0.6) is 0 Å². The lowest BCUT2D eigenvalue weighted by Gasteiger charge is -2.40. The number of nitrogens with zero attached hydrogens (tertiary/aromatic N) is 1. The minimum atomic E-state index is 0.736. The minimum Gasteiger partial charge on any atom is -0.370 e. The van der Waals surface area contributed by atoms with E-state index in [4.69, 9.17) is 24.8 Å². The molecule has 0 spiro atoms. The van der Waals surface area contributed by atoms with Gasteiger partial charge in [0.15, 0.2) is 0 Å². The summed E-state index contributed by atoms with van der Waals surface area (Å²) in [7, 11) is 2.15. The summed E-state index contributed by atoms with van der Waals surface area (Å²) >= 11 is 10.0. The minimum absolute atomic E-state index is 0.736. The van der Waals surface area contributed by atoms with Crippen molar-refractivity contribution in [3.8, 4) is 0 Å². The van der Waals surface area contributed by atoms with Gasteiger partial charge >= 0.3 is 0 Å². The molecule has 10 heavy (non-hydrogen) atoms. The van der Waals surface area contributed by atoms with Gasteiger partial charge in [0.1, 0.15) is 0 Å². The average Bonchev–Trinajstić information content (AvgIpc) is 1.89.